The van der Waals surface area contributed by atoms with E-state index in [9.17, 15) is 4.79 Å². The third-order valence-electron chi connectivity index (χ3n) is 5.09. The number of rotatable bonds is 3. The number of hydrogen-bond acceptors (Lipinski definition) is 5. The van der Waals surface area contributed by atoms with Crippen LogP contribution in [0.1, 0.15) is 19.3 Å². The molecule has 2 saturated heterocycles. The van der Waals surface area contributed by atoms with Gasteiger partial charge in [-0.25, -0.2) is 4.79 Å². The predicted molar refractivity (Wildman–Crippen MR) is 98.1 cm³/mol. The van der Waals surface area contributed by atoms with Crippen molar-refractivity contribution >= 4 is 11.7 Å². The predicted octanol–water partition coefficient (Wildman–Crippen LogP) is 2.18. The summed E-state index contributed by atoms with van der Waals surface area (Å²) in [5.41, 5.74) is 0.723. The summed E-state index contributed by atoms with van der Waals surface area (Å²) in [6.07, 6.45) is 3.48. The second-order valence-electron chi connectivity index (χ2n) is 7.09. The smallest absolute Gasteiger partial charge is 0.321 e. The lowest BCUT2D eigenvalue weighted by atomic mass is 10.2. The Balaban J connectivity index is 1.36. The number of anilines is 1. The van der Waals surface area contributed by atoms with E-state index in [0.717, 1.165) is 37.5 Å². The first-order valence-corrected chi connectivity index (χ1v) is 9.57. The molecule has 0 aromatic heterocycles. The second-order valence-corrected chi connectivity index (χ2v) is 7.09. The Bertz CT molecular complexity index is 633. The fourth-order valence-corrected chi connectivity index (χ4v) is 3.77. The number of carbonyl (C=O) groups excluding carboxylic acids is 1. The Morgan fingerprint density at radius 3 is 2.69 bits per heavy atom. The molecule has 2 amide bonds. The second kappa shape index (κ2) is 8.14. The molecule has 0 spiro atoms. The lowest BCUT2D eigenvalue weighted by molar-refractivity contribution is 0.0355. The molecule has 0 saturated carbocycles. The topological polar surface area (TPSA) is 63.3 Å². The number of benzene rings is 1. The summed E-state index contributed by atoms with van der Waals surface area (Å²) in [7, 11) is 0. The van der Waals surface area contributed by atoms with E-state index in [1.165, 1.54) is 12.8 Å². The Morgan fingerprint density at radius 2 is 1.85 bits per heavy atom. The normalized spacial score (nSPS) is 23.5. The highest BCUT2D eigenvalue weighted by molar-refractivity contribution is 5.89. The molecular weight excluding hydrogens is 334 g/mol. The first-order valence-electron chi connectivity index (χ1n) is 9.57. The molecule has 7 nitrogen and oxygen atoms in total. The average Bonchev–Trinajstić information content (AvgIpc) is 3.05. The summed E-state index contributed by atoms with van der Waals surface area (Å²) in [5.74, 6) is 1.41. The molecule has 3 heterocycles. The van der Waals surface area contributed by atoms with Crippen LogP contribution in [0.4, 0.5) is 10.5 Å². The Kier molecular flexibility index (Phi) is 5.45. The van der Waals surface area contributed by atoms with E-state index in [0.29, 0.717) is 38.7 Å². The molecule has 3 aliphatic heterocycles. The molecule has 1 aromatic carbocycles. The van der Waals surface area contributed by atoms with Crippen molar-refractivity contribution in [3.8, 4) is 11.5 Å². The van der Waals surface area contributed by atoms with Crippen LogP contribution < -0.4 is 14.8 Å². The van der Waals surface area contributed by atoms with Crippen LogP contribution in [-0.4, -0.2) is 74.5 Å². The summed E-state index contributed by atoms with van der Waals surface area (Å²) in [5, 5.41) is 2.99. The molecule has 2 fully saturated rings. The Labute approximate surface area is 154 Å². The molecule has 3 aliphatic rings. The van der Waals surface area contributed by atoms with Crippen molar-refractivity contribution in [3.05, 3.63) is 18.2 Å². The van der Waals surface area contributed by atoms with Gasteiger partial charge in [-0.3, -0.25) is 0 Å². The van der Waals surface area contributed by atoms with Gasteiger partial charge >= 0.3 is 6.03 Å². The van der Waals surface area contributed by atoms with Crippen LogP contribution in [0.15, 0.2) is 18.2 Å². The lowest BCUT2D eigenvalue weighted by Gasteiger charge is -2.27. The standard InChI is InChI=1S/C19H27N3O4/c23-19(20-15-4-5-17-18(12-15)26-11-10-25-17)22-8-3-9-24-16(14-22)13-21-6-1-2-7-21/h4-5,12,16H,1-3,6-11,13-14H2,(H,20,23)/t16-/m1/s1. The van der Waals surface area contributed by atoms with Gasteiger partial charge in [-0.05, 0) is 44.5 Å². The van der Waals surface area contributed by atoms with Crippen molar-refractivity contribution in [1.82, 2.24) is 9.80 Å². The highest BCUT2D eigenvalue weighted by atomic mass is 16.6. The van der Waals surface area contributed by atoms with E-state index >= 15 is 0 Å². The van der Waals surface area contributed by atoms with Gasteiger partial charge in [0.25, 0.3) is 0 Å². The van der Waals surface area contributed by atoms with E-state index in [2.05, 4.69) is 10.2 Å². The minimum atomic E-state index is -0.0846. The number of fused-ring (bicyclic) bond motifs is 1. The molecule has 1 aromatic rings. The van der Waals surface area contributed by atoms with Crippen molar-refractivity contribution in [3.63, 3.8) is 0 Å². The van der Waals surface area contributed by atoms with Gasteiger partial charge in [0.05, 0.1) is 6.10 Å². The van der Waals surface area contributed by atoms with Crippen LogP contribution in [0, 0.1) is 0 Å². The van der Waals surface area contributed by atoms with E-state index in [1.54, 1.807) is 0 Å². The Morgan fingerprint density at radius 1 is 1.04 bits per heavy atom. The molecule has 142 valence electrons. The number of nitrogens with one attached hydrogen (secondary N) is 1. The van der Waals surface area contributed by atoms with Crippen LogP contribution >= 0.6 is 0 Å². The molecule has 1 N–H and O–H groups in total. The summed E-state index contributed by atoms with van der Waals surface area (Å²) in [6, 6.07) is 5.42. The van der Waals surface area contributed by atoms with Crippen molar-refractivity contribution in [2.45, 2.75) is 25.4 Å². The maximum atomic E-state index is 12.7. The molecule has 0 aliphatic carbocycles. The van der Waals surface area contributed by atoms with E-state index in [4.69, 9.17) is 14.2 Å². The van der Waals surface area contributed by atoms with Gasteiger partial charge in [0, 0.05) is 38.0 Å². The quantitative estimate of drug-likeness (QED) is 0.894. The van der Waals surface area contributed by atoms with Gasteiger partial charge in [-0.1, -0.05) is 0 Å². The number of likely N-dealkylation sites (tertiary alicyclic amines) is 1. The monoisotopic (exact) mass is 361 g/mol. The highest BCUT2D eigenvalue weighted by Gasteiger charge is 2.25. The molecule has 26 heavy (non-hydrogen) atoms. The fourth-order valence-electron chi connectivity index (χ4n) is 3.77. The zero-order valence-electron chi connectivity index (χ0n) is 15.1. The summed E-state index contributed by atoms with van der Waals surface area (Å²) < 4.78 is 17.1. The largest absolute Gasteiger partial charge is 0.486 e. The lowest BCUT2D eigenvalue weighted by Crippen LogP contribution is -2.43. The Hall–Kier alpha value is -1.99. The van der Waals surface area contributed by atoms with Gasteiger partial charge in [0.2, 0.25) is 0 Å². The maximum Gasteiger partial charge on any atom is 0.321 e. The fraction of sp³-hybridized carbons (Fsp3) is 0.632. The van der Waals surface area contributed by atoms with Gasteiger partial charge in [-0.15, -0.1) is 0 Å². The number of urea groups is 1. The van der Waals surface area contributed by atoms with Crippen LogP contribution in [0.5, 0.6) is 11.5 Å². The maximum absolute atomic E-state index is 12.7. The van der Waals surface area contributed by atoms with Gasteiger partial charge < -0.3 is 29.3 Å². The average molecular weight is 361 g/mol. The molecular formula is C19H27N3O4. The number of amides is 2. The summed E-state index contributed by atoms with van der Waals surface area (Å²) >= 11 is 0. The molecule has 0 radical (unpaired) electrons. The number of carbonyl (C=O) groups is 1. The van der Waals surface area contributed by atoms with E-state index < -0.39 is 0 Å². The van der Waals surface area contributed by atoms with Crippen molar-refractivity contribution in [2.24, 2.45) is 0 Å². The van der Waals surface area contributed by atoms with Crippen LogP contribution in [-0.2, 0) is 4.74 Å². The van der Waals surface area contributed by atoms with Crippen LogP contribution in [0.2, 0.25) is 0 Å². The first-order chi connectivity index (χ1) is 12.8. The van der Waals surface area contributed by atoms with Gasteiger partial charge in [0.15, 0.2) is 11.5 Å². The minimum absolute atomic E-state index is 0.0846. The first kappa shape index (κ1) is 17.4. The third kappa shape index (κ3) is 4.22. The van der Waals surface area contributed by atoms with Crippen molar-refractivity contribution in [2.75, 3.05) is 57.9 Å². The molecule has 0 unspecified atom stereocenters. The van der Waals surface area contributed by atoms with E-state index in [-0.39, 0.29) is 12.1 Å². The molecule has 4 rings (SSSR count). The minimum Gasteiger partial charge on any atom is -0.486 e. The van der Waals surface area contributed by atoms with E-state index in [1.807, 2.05) is 23.1 Å². The zero-order chi connectivity index (χ0) is 17.8. The van der Waals surface area contributed by atoms with Gasteiger partial charge in [0.1, 0.15) is 13.2 Å². The molecule has 0 bridgehead atoms. The molecule has 7 heteroatoms. The van der Waals surface area contributed by atoms with Crippen LogP contribution in [0.3, 0.4) is 0 Å². The molecule has 1 atom stereocenters. The zero-order valence-corrected chi connectivity index (χ0v) is 15.1. The number of nitrogens with zero attached hydrogens (tertiary/aromatic N) is 2. The van der Waals surface area contributed by atoms with Crippen molar-refractivity contribution < 1.29 is 19.0 Å². The van der Waals surface area contributed by atoms with Crippen LogP contribution in [0.25, 0.3) is 0 Å². The summed E-state index contributed by atoms with van der Waals surface area (Å²) in [4.78, 5) is 17.0. The third-order valence-corrected chi connectivity index (χ3v) is 5.09. The highest BCUT2D eigenvalue weighted by Crippen LogP contribution is 2.32. The number of ether oxygens (including phenoxy) is 3. The SMILES string of the molecule is O=C(Nc1ccc2c(c1)OCCO2)N1CCCO[C@H](CN2CCCC2)C1. The van der Waals surface area contributed by atoms with Gasteiger partial charge in [-0.2, -0.15) is 0 Å². The number of hydrogen-bond donors (Lipinski definition) is 1. The summed E-state index contributed by atoms with van der Waals surface area (Å²) in [6.45, 7) is 6.35. The van der Waals surface area contributed by atoms with Crippen molar-refractivity contribution in [1.29, 1.82) is 0 Å².